The zero-order valence-corrected chi connectivity index (χ0v) is 22.8. The van der Waals surface area contributed by atoms with Crippen LogP contribution in [0.4, 0.5) is 5.69 Å². The normalized spacial score (nSPS) is 13.5. The van der Waals surface area contributed by atoms with E-state index in [-0.39, 0.29) is 17.2 Å². The van der Waals surface area contributed by atoms with Gasteiger partial charge < -0.3 is 29.2 Å². The number of aromatic nitrogens is 2. The molecule has 0 aliphatic carbocycles. The summed E-state index contributed by atoms with van der Waals surface area (Å²) in [4.78, 5) is 33.1. The van der Waals surface area contributed by atoms with Gasteiger partial charge in [-0.2, -0.15) is 0 Å². The molecular weight excluding hydrogens is 508 g/mol. The van der Waals surface area contributed by atoms with E-state index in [4.69, 9.17) is 23.9 Å². The lowest BCUT2D eigenvalue weighted by Gasteiger charge is -2.29. The molecule has 10 nitrogen and oxygen atoms in total. The first kappa shape index (κ1) is 27.7. The topological polar surface area (TPSA) is 104 Å². The minimum atomic E-state index is -0.143. The van der Waals surface area contributed by atoms with Gasteiger partial charge in [-0.05, 0) is 42.3 Å². The van der Waals surface area contributed by atoms with Gasteiger partial charge in [0.05, 0.1) is 50.7 Å². The van der Waals surface area contributed by atoms with E-state index < -0.39 is 0 Å². The number of amides is 1. The molecule has 38 heavy (non-hydrogen) atoms. The van der Waals surface area contributed by atoms with Crippen molar-refractivity contribution in [3.05, 3.63) is 52.3 Å². The van der Waals surface area contributed by atoms with Gasteiger partial charge in [0.25, 0.3) is 5.56 Å². The Morgan fingerprint density at radius 1 is 1.08 bits per heavy atom. The highest BCUT2D eigenvalue weighted by Crippen LogP contribution is 2.28. The molecule has 1 saturated heterocycles. The third-order valence-corrected chi connectivity index (χ3v) is 7.29. The first-order valence-electron chi connectivity index (χ1n) is 12.5. The van der Waals surface area contributed by atoms with Gasteiger partial charge >= 0.3 is 0 Å². The molecule has 2 heterocycles. The molecule has 3 aromatic rings. The van der Waals surface area contributed by atoms with Crippen LogP contribution >= 0.6 is 11.8 Å². The maximum absolute atomic E-state index is 13.8. The molecule has 204 valence electrons. The van der Waals surface area contributed by atoms with Crippen molar-refractivity contribution in [1.29, 1.82) is 0 Å². The third-order valence-electron chi connectivity index (χ3n) is 6.31. The van der Waals surface area contributed by atoms with E-state index in [0.717, 1.165) is 24.3 Å². The Kier molecular flexibility index (Phi) is 9.85. The summed E-state index contributed by atoms with van der Waals surface area (Å²) < 4.78 is 22.9. The molecule has 1 N–H and O–H groups in total. The molecule has 1 aromatic heterocycles. The Labute approximate surface area is 226 Å². The smallest absolute Gasteiger partial charge is 0.262 e. The van der Waals surface area contributed by atoms with Gasteiger partial charge in [0.1, 0.15) is 0 Å². The second-order valence-corrected chi connectivity index (χ2v) is 9.67. The molecule has 0 radical (unpaired) electrons. The van der Waals surface area contributed by atoms with Gasteiger partial charge in [0.2, 0.25) is 5.91 Å². The molecule has 1 amide bonds. The summed E-state index contributed by atoms with van der Waals surface area (Å²) in [5.74, 6) is 1.28. The third kappa shape index (κ3) is 6.77. The van der Waals surface area contributed by atoms with Crippen LogP contribution in [-0.4, -0.2) is 82.0 Å². The number of rotatable bonds is 12. The van der Waals surface area contributed by atoms with E-state index in [0.29, 0.717) is 66.9 Å². The number of benzene rings is 2. The number of methoxy groups -OCH3 is 3. The van der Waals surface area contributed by atoms with Crippen LogP contribution in [0, 0.1) is 0 Å². The number of nitrogens with zero attached hydrogens (tertiary/aromatic N) is 3. The number of fused-ring (bicyclic) bond motifs is 1. The zero-order chi connectivity index (χ0) is 26.9. The number of hydrogen-bond acceptors (Lipinski definition) is 9. The maximum atomic E-state index is 13.8. The van der Waals surface area contributed by atoms with Crippen LogP contribution in [0.3, 0.4) is 0 Å². The first-order valence-corrected chi connectivity index (χ1v) is 13.5. The number of ether oxygens (including phenoxy) is 4. The highest BCUT2D eigenvalue weighted by molar-refractivity contribution is 7.99. The minimum absolute atomic E-state index is 0.132. The SMILES string of the molecule is COCCNC(=O)CSc1nc2ccc(N3CCOCC3)cc2c(=O)n1CCc1ccc(OC)c(OC)c1. The standard InChI is InChI=1S/C27H34N4O6S/c1-34-13-9-28-25(32)18-38-27-29-22-6-5-20(30-11-14-37-15-12-30)17-21(22)26(33)31(27)10-8-19-4-7-23(35-2)24(16-19)36-3/h4-7,16-17H,8-15,18H2,1-3H3,(H,28,32). The van der Waals surface area contributed by atoms with E-state index in [9.17, 15) is 9.59 Å². The van der Waals surface area contributed by atoms with Crippen molar-refractivity contribution in [2.75, 3.05) is 71.4 Å². The van der Waals surface area contributed by atoms with Crippen LogP contribution in [0.1, 0.15) is 5.56 Å². The Hall–Kier alpha value is -3.28. The molecular formula is C27H34N4O6S. The Bertz CT molecular complexity index is 1310. The minimum Gasteiger partial charge on any atom is -0.493 e. The van der Waals surface area contributed by atoms with Gasteiger partial charge in [0.15, 0.2) is 16.7 Å². The molecule has 1 aliphatic rings. The molecule has 0 bridgehead atoms. The molecule has 0 spiro atoms. The van der Waals surface area contributed by atoms with Crippen LogP contribution in [0.15, 0.2) is 46.3 Å². The molecule has 1 aliphatic heterocycles. The number of aryl methyl sites for hydroxylation is 1. The molecule has 0 saturated carbocycles. The quantitative estimate of drug-likeness (QED) is 0.210. The summed E-state index contributed by atoms with van der Waals surface area (Å²) in [5, 5.41) is 3.86. The van der Waals surface area contributed by atoms with Crippen LogP contribution < -0.4 is 25.2 Å². The number of morpholine rings is 1. The summed E-state index contributed by atoms with van der Waals surface area (Å²) in [6.07, 6.45) is 0.574. The van der Waals surface area contributed by atoms with Crippen molar-refractivity contribution < 1.29 is 23.7 Å². The van der Waals surface area contributed by atoms with Gasteiger partial charge in [-0.1, -0.05) is 17.8 Å². The van der Waals surface area contributed by atoms with Crippen molar-refractivity contribution in [2.45, 2.75) is 18.1 Å². The fourth-order valence-electron chi connectivity index (χ4n) is 4.26. The number of carbonyl (C=O) groups excluding carboxylic acids is 1. The average molecular weight is 543 g/mol. The Morgan fingerprint density at radius 3 is 2.61 bits per heavy atom. The fourth-order valence-corrected chi connectivity index (χ4v) is 5.12. The van der Waals surface area contributed by atoms with Crippen LogP contribution in [0.2, 0.25) is 0 Å². The summed E-state index contributed by atoms with van der Waals surface area (Å²) >= 11 is 1.25. The Balaban J connectivity index is 1.63. The molecule has 0 unspecified atom stereocenters. The highest BCUT2D eigenvalue weighted by Gasteiger charge is 2.17. The zero-order valence-electron chi connectivity index (χ0n) is 22.0. The second kappa shape index (κ2) is 13.5. The van der Waals surface area contributed by atoms with Crippen molar-refractivity contribution in [1.82, 2.24) is 14.9 Å². The molecule has 2 aromatic carbocycles. The van der Waals surface area contributed by atoms with Crippen LogP contribution in [-0.2, 0) is 27.2 Å². The summed E-state index contributed by atoms with van der Waals surface area (Å²) in [7, 11) is 4.78. The van der Waals surface area contributed by atoms with Crippen molar-refractivity contribution >= 4 is 34.3 Å². The predicted molar refractivity (Wildman–Crippen MR) is 148 cm³/mol. The number of nitrogens with one attached hydrogen (secondary N) is 1. The van der Waals surface area contributed by atoms with Gasteiger partial charge in [-0.3, -0.25) is 14.2 Å². The highest BCUT2D eigenvalue weighted by atomic mass is 32.2. The predicted octanol–water partition coefficient (Wildman–Crippen LogP) is 2.35. The Morgan fingerprint density at radius 2 is 1.87 bits per heavy atom. The summed E-state index contributed by atoms with van der Waals surface area (Å²) in [6, 6.07) is 11.5. The molecule has 4 rings (SSSR count). The second-order valence-electron chi connectivity index (χ2n) is 8.72. The number of thioether (sulfide) groups is 1. The van der Waals surface area contributed by atoms with Gasteiger partial charge in [0, 0.05) is 39.0 Å². The van der Waals surface area contributed by atoms with Crippen molar-refractivity contribution in [2.24, 2.45) is 0 Å². The number of hydrogen-bond donors (Lipinski definition) is 1. The van der Waals surface area contributed by atoms with Crippen LogP contribution in [0.25, 0.3) is 10.9 Å². The van der Waals surface area contributed by atoms with E-state index in [1.165, 1.54) is 11.8 Å². The largest absolute Gasteiger partial charge is 0.493 e. The lowest BCUT2D eigenvalue weighted by molar-refractivity contribution is -0.118. The fraction of sp³-hybridized carbons (Fsp3) is 0.444. The monoisotopic (exact) mass is 542 g/mol. The maximum Gasteiger partial charge on any atom is 0.262 e. The summed E-state index contributed by atoms with van der Waals surface area (Å²) in [5.41, 5.74) is 2.44. The molecule has 0 atom stereocenters. The van der Waals surface area contributed by atoms with Crippen molar-refractivity contribution in [3.8, 4) is 11.5 Å². The van der Waals surface area contributed by atoms with Gasteiger partial charge in [-0.15, -0.1) is 0 Å². The van der Waals surface area contributed by atoms with E-state index in [1.54, 1.807) is 25.9 Å². The van der Waals surface area contributed by atoms with Crippen molar-refractivity contribution in [3.63, 3.8) is 0 Å². The lowest BCUT2D eigenvalue weighted by Crippen LogP contribution is -2.36. The lowest BCUT2D eigenvalue weighted by atomic mass is 10.1. The number of anilines is 1. The number of carbonyl (C=O) groups is 1. The van der Waals surface area contributed by atoms with E-state index in [2.05, 4.69) is 10.2 Å². The molecule has 11 heteroatoms. The molecule has 1 fully saturated rings. The summed E-state index contributed by atoms with van der Waals surface area (Å²) in [6.45, 7) is 4.13. The van der Waals surface area contributed by atoms with E-state index >= 15 is 0 Å². The van der Waals surface area contributed by atoms with Gasteiger partial charge in [-0.25, -0.2) is 4.98 Å². The average Bonchev–Trinajstić information content (AvgIpc) is 2.96. The van der Waals surface area contributed by atoms with E-state index in [1.807, 2.05) is 36.4 Å². The van der Waals surface area contributed by atoms with Crippen LogP contribution in [0.5, 0.6) is 11.5 Å². The first-order chi connectivity index (χ1) is 18.5.